The summed E-state index contributed by atoms with van der Waals surface area (Å²) >= 11 is 0. The average molecular weight is 463 g/mol. The number of unbranched alkanes of at least 4 members (excludes halogenated alkanes) is 2. The number of hydrogen-bond acceptors (Lipinski definition) is 4. The zero-order valence-electron chi connectivity index (χ0n) is 19.1. The van der Waals surface area contributed by atoms with Gasteiger partial charge in [0.05, 0.1) is 0 Å². The number of benzene rings is 2. The van der Waals surface area contributed by atoms with Crippen LogP contribution in [0, 0.1) is 12.3 Å². The molecule has 34 heavy (non-hydrogen) atoms. The van der Waals surface area contributed by atoms with E-state index >= 15 is 0 Å². The van der Waals surface area contributed by atoms with Gasteiger partial charge in [0.15, 0.2) is 0 Å². The first kappa shape index (κ1) is 24.8. The van der Waals surface area contributed by atoms with Crippen LogP contribution in [-0.4, -0.2) is 42.3 Å². The van der Waals surface area contributed by atoms with Gasteiger partial charge < -0.3 is 20.5 Å². The van der Waals surface area contributed by atoms with Gasteiger partial charge in [-0.1, -0.05) is 48.5 Å². The molecule has 2 aromatic carbocycles. The second-order valence-electron chi connectivity index (χ2n) is 8.26. The van der Waals surface area contributed by atoms with Gasteiger partial charge in [0.25, 0.3) is 0 Å². The van der Waals surface area contributed by atoms with E-state index in [1.165, 1.54) is 0 Å². The summed E-state index contributed by atoms with van der Waals surface area (Å²) in [5.74, 6) is 1.21. The lowest BCUT2D eigenvalue weighted by Crippen LogP contribution is -2.41. The fourth-order valence-corrected chi connectivity index (χ4v) is 4.18. The standard InChI is InChI=1S/C27H30N2O5/c1-2-3-4-16-25(30)28-17-10-9-15-24(26(31)32)29-27(33)34-18-23-21-13-7-5-11-19(21)20-12-6-8-14-22(20)23/h1,5-8,11-14,23-24H,3-4,9-10,15-18H2,(H,28,30)(H,29,33)(H,31,32). The van der Waals surface area contributed by atoms with E-state index in [0.29, 0.717) is 38.6 Å². The minimum atomic E-state index is -1.12. The molecule has 1 aliphatic rings. The molecule has 0 heterocycles. The predicted molar refractivity (Wildman–Crippen MR) is 129 cm³/mol. The third-order valence-electron chi connectivity index (χ3n) is 5.90. The van der Waals surface area contributed by atoms with Gasteiger partial charge in [0.1, 0.15) is 12.6 Å². The molecule has 2 aromatic rings. The van der Waals surface area contributed by atoms with Crippen LogP contribution >= 0.6 is 0 Å². The Balaban J connectivity index is 1.44. The Kier molecular flexibility index (Phi) is 9.10. The third kappa shape index (κ3) is 6.61. The van der Waals surface area contributed by atoms with E-state index in [1.807, 2.05) is 36.4 Å². The van der Waals surface area contributed by atoms with E-state index in [0.717, 1.165) is 22.3 Å². The molecule has 178 valence electrons. The zero-order valence-corrected chi connectivity index (χ0v) is 19.1. The first-order chi connectivity index (χ1) is 16.5. The number of terminal acetylenes is 1. The molecule has 1 atom stereocenters. The summed E-state index contributed by atoms with van der Waals surface area (Å²) < 4.78 is 5.44. The van der Waals surface area contributed by atoms with Crippen LogP contribution in [0.25, 0.3) is 11.1 Å². The Labute approximate surface area is 199 Å². The minimum absolute atomic E-state index is 0.0678. The number of carboxylic acid groups (broad SMARTS) is 1. The molecule has 2 amide bonds. The number of hydrogen-bond donors (Lipinski definition) is 3. The van der Waals surface area contributed by atoms with Crippen LogP contribution in [0.4, 0.5) is 4.79 Å². The quantitative estimate of drug-likeness (QED) is 0.326. The number of carbonyl (C=O) groups is 3. The molecule has 0 saturated carbocycles. The zero-order chi connectivity index (χ0) is 24.3. The van der Waals surface area contributed by atoms with Crippen molar-refractivity contribution in [3.05, 3.63) is 59.7 Å². The van der Waals surface area contributed by atoms with Crippen molar-refractivity contribution in [3.8, 4) is 23.5 Å². The fraction of sp³-hybridized carbons (Fsp3) is 0.370. The average Bonchev–Trinajstić information content (AvgIpc) is 3.15. The van der Waals surface area contributed by atoms with Crippen LogP contribution in [0.5, 0.6) is 0 Å². The van der Waals surface area contributed by atoms with Crippen LogP contribution in [0.2, 0.25) is 0 Å². The molecule has 0 saturated heterocycles. The smallest absolute Gasteiger partial charge is 0.407 e. The molecule has 3 rings (SSSR count). The number of alkyl carbamates (subject to hydrolysis) is 1. The molecular formula is C27H30N2O5. The van der Waals surface area contributed by atoms with Gasteiger partial charge in [-0.3, -0.25) is 4.79 Å². The van der Waals surface area contributed by atoms with Crippen LogP contribution in [-0.2, 0) is 14.3 Å². The monoisotopic (exact) mass is 462 g/mol. The Hall–Kier alpha value is -3.79. The van der Waals surface area contributed by atoms with Crippen molar-refractivity contribution in [3.63, 3.8) is 0 Å². The SMILES string of the molecule is C#CCCCC(=O)NCCCCC(NC(=O)OCC1c2ccccc2-c2ccccc21)C(=O)O. The van der Waals surface area contributed by atoms with Gasteiger partial charge >= 0.3 is 12.1 Å². The normalized spacial score (nSPS) is 12.7. The molecule has 0 spiro atoms. The summed E-state index contributed by atoms with van der Waals surface area (Å²) in [5.41, 5.74) is 4.43. The largest absolute Gasteiger partial charge is 0.480 e. The molecule has 7 nitrogen and oxygen atoms in total. The molecule has 0 aliphatic heterocycles. The summed E-state index contributed by atoms with van der Waals surface area (Å²) in [6, 6.07) is 15.0. The van der Waals surface area contributed by atoms with Crippen LogP contribution in [0.1, 0.15) is 55.6 Å². The summed E-state index contributed by atoms with van der Waals surface area (Å²) in [4.78, 5) is 35.6. The van der Waals surface area contributed by atoms with Crippen LogP contribution < -0.4 is 10.6 Å². The van der Waals surface area contributed by atoms with Gasteiger partial charge in [-0.25, -0.2) is 9.59 Å². The van der Waals surface area contributed by atoms with Gasteiger partial charge in [-0.15, -0.1) is 12.3 Å². The van der Waals surface area contributed by atoms with E-state index in [1.54, 1.807) is 0 Å². The van der Waals surface area contributed by atoms with Crippen molar-refractivity contribution in [1.82, 2.24) is 10.6 Å². The summed E-state index contributed by atoms with van der Waals surface area (Å²) in [6.07, 6.45) is 7.38. The first-order valence-corrected chi connectivity index (χ1v) is 11.6. The molecule has 0 aromatic heterocycles. The topological polar surface area (TPSA) is 105 Å². The number of amides is 2. The molecule has 0 radical (unpaired) electrons. The minimum Gasteiger partial charge on any atom is -0.480 e. The summed E-state index contributed by atoms with van der Waals surface area (Å²) in [7, 11) is 0. The van der Waals surface area contributed by atoms with Crippen molar-refractivity contribution < 1.29 is 24.2 Å². The lowest BCUT2D eigenvalue weighted by Gasteiger charge is -2.17. The van der Waals surface area contributed by atoms with E-state index in [-0.39, 0.29) is 24.9 Å². The molecule has 7 heteroatoms. The van der Waals surface area contributed by atoms with Gasteiger partial charge in [0.2, 0.25) is 5.91 Å². The maximum atomic E-state index is 12.4. The second-order valence-corrected chi connectivity index (χ2v) is 8.26. The van der Waals surface area contributed by atoms with Crippen molar-refractivity contribution in [2.45, 2.75) is 50.5 Å². The molecular weight excluding hydrogens is 432 g/mol. The Morgan fingerprint density at radius 1 is 1.00 bits per heavy atom. The van der Waals surface area contributed by atoms with Crippen molar-refractivity contribution >= 4 is 18.0 Å². The maximum Gasteiger partial charge on any atom is 0.407 e. The highest BCUT2D eigenvalue weighted by Gasteiger charge is 2.29. The second kappa shape index (κ2) is 12.4. The molecule has 1 aliphatic carbocycles. The highest BCUT2D eigenvalue weighted by atomic mass is 16.5. The predicted octanol–water partition coefficient (Wildman–Crippen LogP) is 4.07. The highest BCUT2D eigenvalue weighted by molar-refractivity contribution is 5.81. The van der Waals surface area contributed by atoms with E-state index in [4.69, 9.17) is 11.2 Å². The van der Waals surface area contributed by atoms with Gasteiger partial charge in [0, 0.05) is 25.3 Å². The van der Waals surface area contributed by atoms with Crippen LogP contribution in [0.3, 0.4) is 0 Å². The molecule has 0 fully saturated rings. The molecule has 3 N–H and O–H groups in total. The van der Waals surface area contributed by atoms with Crippen molar-refractivity contribution in [2.75, 3.05) is 13.2 Å². The summed E-state index contributed by atoms with van der Waals surface area (Å²) in [6.45, 7) is 0.573. The Morgan fingerprint density at radius 2 is 1.65 bits per heavy atom. The first-order valence-electron chi connectivity index (χ1n) is 11.6. The lowest BCUT2D eigenvalue weighted by molar-refractivity contribution is -0.139. The Morgan fingerprint density at radius 3 is 2.26 bits per heavy atom. The third-order valence-corrected chi connectivity index (χ3v) is 5.90. The number of ether oxygens (including phenoxy) is 1. The maximum absolute atomic E-state index is 12.4. The Bertz CT molecular complexity index is 1010. The van der Waals surface area contributed by atoms with Crippen molar-refractivity contribution in [2.24, 2.45) is 0 Å². The fourth-order valence-electron chi connectivity index (χ4n) is 4.18. The van der Waals surface area contributed by atoms with Gasteiger partial charge in [-0.05, 0) is 47.9 Å². The van der Waals surface area contributed by atoms with Crippen molar-refractivity contribution in [1.29, 1.82) is 0 Å². The highest BCUT2D eigenvalue weighted by Crippen LogP contribution is 2.44. The van der Waals surface area contributed by atoms with E-state index in [9.17, 15) is 19.5 Å². The number of aliphatic carboxylic acids is 1. The van der Waals surface area contributed by atoms with Gasteiger partial charge in [-0.2, -0.15) is 0 Å². The number of rotatable bonds is 12. The lowest BCUT2D eigenvalue weighted by atomic mass is 9.98. The van der Waals surface area contributed by atoms with E-state index in [2.05, 4.69) is 28.7 Å². The van der Waals surface area contributed by atoms with Crippen LogP contribution in [0.15, 0.2) is 48.5 Å². The number of fused-ring (bicyclic) bond motifs is 3. The number of carboxylic acids is 1. The molecule has 0 bridgehead atoms. The van der Waals surface area contributed by atoms with E-state index < -0.39 is 18.1 Å². The molecule has 1 unspecified atom stereocenters. The summed E-state index contributed by atoms with van der Waals surface area (Å²) in [5, 5.41) is 14.7. The number of carbonyl (C=O) groups excluding carboxylic acids is 2. The number of nitrogens with one attached hydrogen (secondary N) is 2.